The molecule has 0 amide bonds. The van der Waals surface area contributed by atoms with Gasteiger partial charge in [-0.1, -0.05) is 18.2 Å². The maximum Gasteiger partial charge on any atom is 0.130 e. The largest absolute Gasteiger partial charge is 0.302 e. The van der Waals surface area contributed by atoms with E-state index in [1.165, 1.54) is 16.7 Å². The molecule has 68 valence electrons. The second-order valence-electron chi connectivity index (χ2n) is 4.07. The van der Waals surface area contributed by atoms with E-state index in [0.717, 1.165) is 19.1 Å². The zero-order chi connectivity index (χ0) is 9.47. The summed E-state index contributed by atoms with van der Waals surface area (Å²) in [5.41, 5.74) is 3.67. The highest BCUT2D eigenvalue weighted by Gasteiger charge is 2.44. The van der Waals surface area contributed by atoms with Gasteiger partial charge in [-0.3, -0.25) is 0 Å². The number of carbonyl (C=O) groups excluding carboxylic acids is 1. The molecule has 1 nitrogen and oxygen atoms in total. The molecule has 0 aromatic heterocycles. The van der Waals surface area contributed by atoms with Crippen LogP contribution in [0, 0.1) is 13.8 Å². The van der Waals surface area contributed by atoms with Gasteiger partial charge >= 0.3 is 0 Å². The fourth-order valence-corrected chi connectivity index (χ4v) is 1.66. The number of carbonyl (C=O) groups is 1. The molecule has 0 heterocycles. The van der Waals surface area contributed by atoms with Crippen LogP contribution in [0.5, 0.6) is 0 Å². The van der Waals surface area contributed by atoms with Crippen molar-refractivity contribution in [1.82, 2.24) is 0 Å². The molecule has 0 bridgehead atoms. The second kappa shape index (κ2) is 2.69. The van der Waals surface area contributed by atoms with E-state index in [1.54, 1.807) is 0 Å². The van der Waals surface area contributed by atoms with Crippen molar-refractivity contribution < 1.29 is 4.79 Å². The third-order valence-electron chi connectivity index (χ3n) is 3.10. The maximum atomic E-state index is 10.9. The van der Waals surface area contributed by atoms with Crippen LogP contribution in [0.2, 0.25) is 0 Å². The Kier molecular flexibility index (Phi) is 1.76. The Labute approximate surface area is 78.8 Å². The molecule has 1 aromatic rings. The van der Waals surface area contributed by atoms with Gasteiger partial charge in [-0.15, -0.1) is 0 Å². The van der Waals surface area contributed by atoms with Crippen molar-refractivity contribution in [3.63, 3.8) is 0 Å². The Bertz CT molecular complexity index is 348. The minimum atomic E-state index is -0.113. The van der Waals surface area contributed by atoms with Gasteiger partial charge in [-0.25, -0.2) is 0 Å². The van der Waals surface area contributed by atoms with Gasteiger partial charge in [0.25, 0.3) is 0 Å². The van der Waals surface area contributed by atoms with E-state index in [4.69, 9.17) is 0 Å². The summed E-state index contributed by atoms with van der Waals surface area (Å²) in [6.45, 7) is 4.19. The van der Waals surface area contributed by atoms with Crippen LogP contribution in [-0.4, -0.2) is 6.29 Å². The molecular formula is C12H14O. The zero-order valence-electron chi connectivity index (χ0n) is 8.13. The molecule has 0 unspecified atom stereocenters. The first-order chi connectivity index (χ1) is 6.18. The van der Waals surface area contributed by atoms with Crippen LogP contribution in [0.4, 0.5) is 0 Å². The molecule has 1 heteroatoms. The smallest absolute Gasteiger partial charge is 0.130 e. The first kappa shape index (κ1) is 8.49. The van der Waals surface area contributed by atoms with Crippen LogP contribution in [0.3, 0.4) is 0 Å². The van der Waals surface area contributed by atoms with Crippen molar-refractivity contribution in [2.24, 2.45) is 0 Å². The Balaban J connectivity index is 2.42. The minimum Gasteiger partial charge on any atom is -0.302 e. The van der Waals surface area contributed by atoms with Crippen LogP contribution < -0.4 is 0 Å². The van der Waals surface area contributed by atoms with E-state index >= 15 is 0 Å². The predicted octanol–water partition coefficient (Wildman–Crippen LogP) is 2.53. The van der Waals surface area contributed by atoms with Gasteiger partial charge in [0.1, 0.15) is 6.29 Å². The number of aryl methyl sites for hydroxylation is 2. The van der Waals surface area contributed by atoms with Gasteiger partial charge < -0.3 is 4.79 Å². The summed E-state index contributed by atoms with van der Waals surface area (Å²) in [6.07, 6.45) is 3.16. The van der Waals surface area contributed by atoms with E-state index in [2.05, 4.69) is 32.0 Å². The molecule has 1 fully saturated rings. The highest BCUT2D eigenvalue weighted by molar-refractivity contribution is 5.73. The molecule has 0 radical (unpaired) electrons. The van der Waals surface area contributed by atoms with Gasteiger partial charge in [-0.05, 0) is 43.4 Å². The van der Waals surface area contributed by atoms with Crippen LogP contribution in [0.15, 0.2) is 18.2 Å². The van der Waals surface area contributed by atoms with Gasteiger partial charge in [0, 0.05) is 0 Å². The SMILES string of the molecule is Cc1ccc(C2(C=O)CC2)cc1C. The summed E-state index contributed by atoms with van der Waals surface area (Å²) in [7, 11) is 0. The van der Waals surface area contributed by atoms with Crippen molar-refractivity contribution in [1.29, 1.82) is 0 Å². The molecule has 1 aliphatic carbocycles. The molecule has 0 spiro atoms. The molecule has 0 aliphatic heterocycles. The highest BCUT2D eigenvalue weighted by atomic mass is 16.1. The lowest BCUT2D eigenvalue weighted by molar-refractivity contribution is -0.109. The van der Waals surface area contributed by atoms with Crippen molar-refractivity contribution >= 4 is 6.29 Å². The van der Waals surface area contributed by atoms with Crippen molar-refractivity contribution in [2.45, 2.75) is 32.1 Å². The lowest BCUT2D eigenvalue weighted by Gasteiger charge is -2.09. The monoisotopic (exact) mass is 174 g/mol. The lowest BCUT2D eigenvalue weighted by Crippen LogP contribution is -2.07. The topological polar surface area (TPSA) is 17.1 Å². The summed E-state index contributed by atoms with van der Waals surface area (Å²) in [6, 6.07) is 6.34. The van der Waals surface area contributed by atoms with Crippen LogP contribution >= 0.6 is 0 Å². The van der Waals surface area contributed by atoms with E-state index in [9.17, 15) is 4.79 Å². The Morgan fingerprint density at radius 1 is 1.23 bits per heavy atom. The fraction of sp³-hybridized carbons (Fsp3) is 0.417. The number of hydrogen-bond donors (Lipinski definition) is 0. The van der Waals surface area contributed by atoms with Crippen LogP contribution in [0.1, 0.15) is 29.5 Å². The summed E-state index contributed by atoms with van der Waals surface area (Å²) < 4.78 is 0. The third-order valence-corrected chi connectivity index (χ3v) is 3.10. The van der Waals surface area contributed by atoms with Crippen LogP contribution in [-0.2, 0) is 10.2 Å². The van der Waals surface area contributed by atoms with Crippen molar-refractivity contribution in [3.8, 4) is 0 Å². The number of rotatable bonds is 2. The third kappa shape index (κ3) is 1.28. The molecule has 0 atom stereocenters. The summed E-state index contributed by atoms with van der Waals surface area (Å²) >= 11 is 0. The average molecular weight is 174 g/mol. The summed E-state index contributed by atoms with van der Waals surface area (Å²) in [5.74, 6) is 0. The normalized spacial score (nSPS) is 18.3. The minimum absolute atomic E-state index is 0.113. The maximum absolute atomic E-state index is 10.9. The highest BCUT2D eigenvalue weighted by Crippen LogP contribution is 2.46. The van der Waals surface area contributed by atoms with Gasteiger partial charge in [-0.2, -0.15) is 0 Å². The predicted molar refractivity (Wildman–Crippen MR) is 52.9 cm³/mol. The molecule has 1 saturated carbocycles. The van der Waals surface area contributed by atoms with E-state index < -0.39 is 0 Å². The first-order valence-corrected chi connectivity index (χ1v) is 4.72. The quantitative estimate of drug-likeness (QED) is 0.630. The molecular weight excluding hydrogens is 160 g/mol. The van der Waals surface area contributed by atoms with Gasteiger partial charge in [0.2, 0.25) is 0 Å². The number of hydrogen-bond acceptors (Lipinski definition) is 1. The van der Waals surface area contributed by atoms with E-state index in [-0.39, 0.29) is 5.41 Å². The lowest BCUT2D eigenvalue weighted by atomic mass is 9.94. The standard InChI is InChI=1S/C12H14O/c1-9-3-4-11(7-10(9)2)12(8-13)5-6-12/h3-4,7-8H,5-6H2,1-2H3. The van der Waals surface area contributed by atoms with Gasteiger partial charge in [0.15, 0.2) is 0 Å². The molecule has 0 saturated heterocycles. The first-order valence-electron chi connectivity index (χ1n) is 4.72. The van der Waals surface area contributed by atoms with Crippen molar-refractivity contribution in [3.05, 3.63) is 34.9 Å². The zero-order valence-corrected chi connectivity index (χ0v) is 8.13. The molecule has 2 rings (SSSR count). The van der Waals surface area contributed by atoms with Gasteiger partial charge in [0.05, 0.1) is 5.41 Å². The van der Waals surface area contributed by atoms with E-state index in [1.807, 2.05) is 0 Å². The molecule has 0 N–H and O–H groups in total. The second-order valence-corrected chi connectivity index (χ2v) is 4.07. The number of aldehydes is 1. The fourth-order valence-electron chi connectivity index (χ4n) is 1.66. The average Bonchev–Trinajstić information content (AvgIpc) is 2.90. The Hall–Kier alpha value is -1.11. The van der Waals surface area contributed by atoms with Crippen molar-refractivity contribution in [2.75, 3.05) is 0 Å². The Morgan fingerprint density at radius 3 is 2.38 bits per heavy atom. The Morgan fingerprint density at radius 2 is 1.92 bits per heavy atom. The molecule has 1 aromatic carbocycles. The molecule has 1 aliphatic rings. The van der Waals surface area contributed by atoms with E-state index in [0.29, 0.717) is 0 Å². The number of benzene rings is 1. The molecule has 13 heavy (non-hydrogen) atoms. The summed E-state index contributed by atoms with van der Waals surface area (Å²) in [5, 5.41) is 0. The summed E-state index contributed by atoms with van der Waals surface area (Å²) in [4.78, 5) is 10.9. The van der Waals surface area contributed by atoms with Crippen LogP contribution in [0.25, 0.3) is 0 Å².